The van der Waals surface area contributed by atoms with E-state index in [2.05, 4.69) is 36.6 Å². The van der Waals surface area contributed by atoms with Crippen LogP contribution in [0.25, 0.3) is 10.1 Å². The van der Waals surface area contributed by atoms with E-state index in [-0.39, 0.29) is 5.54 Å². The van der Waals surface area contributed by atoms with E-state index in [1.807, 2.05) is 11.3 Å². The molecule has 1 aromatic heterocycles. The Morgan fingerprint density at radius 3 is 3.00 bits per heavy atom. The molecular formula is C17H23NS. The Kier molecular flexibility index (Phi) is 3.64. The Labute approximate surface area is 119 Å². The quantitative estimate of drug-likeness (QED) is 0.858. The normalized spacial score (nSPS) is 27.8. The van der Waals surface area contributed by atoms with Gasteiger partial charge in [0.1, 0.15) is 0 Å². The van der Waals surface area contributed by atoms with Gasteiger partial charge in [0.25, 0.3) is 0 Å². The van der Waals surface area contributed by atoms with Gasteiger partial charge in [-0.25, -0.2) is 0 Å². The lowest BCUT2D eigenvalue weighted by Crippen LogP contribution is -2.50. The highest BCUT2D eigenvalue weighted by molar-refractivity contribution is 7.17. The Morgan fingerprint density at radius 1 is 1.32 bits per heavy atom. The van der Waals surface area contributed by atoms with Crippen LogP contribution in [-0.4, -0.2) is 5.54 Å². The molecule has 19 heavy (non-hydrogen) atoms. The fraction of sp³-hybridized carbons (Fsp3) is 0.529. The molecule has 1 heterocycles. The first-order chi connectivity index (χ1) is 9.23. The molecular weight excluding hydrogens is 250 g/mol. The van der Waals surface area contributed by atoms with Crippen molar-refractivity contribution in [2.75, 3.05) is 0 Å². The maximum Gasteiger partial charge on any atom is 0.0345 e. The van der Waals surface area contributed by atoms with E-state index in [1.54, 1.807) is 0 Å². The van der Waals surface area contributed by atoms with E-state index < -0.39 is 0 Å². The van der Waals surface area contributed by atoms with Crippen LogP contribution in [0.4, 0.5) is 0 Å². The molecule has 1 nitrogen and oxygen atoms in total. The summed E-state index contributed by atoms with van der Waals surface area (Å²) in [5.41, 5.74) is 8.29. The van der Waals surface area contributed by atoms with Crippen LogP contribution >= 0.6 is 11.3 Å². The first-order valence-corrected chi connectivity index (χ1v) is 8.35. The fourth-order valence-electron chi connectivity index (χ4n) is 3.70. The van der Waals surface area contributed by atoms with E-state index in [0.717, 1.165) is 6.42 Å². The molecule has 1 aromatic carbocycles. The third-order valence-corrected chi connectivity index (χ3v) is 5.84. The van der Waals surface area contributed by atoms with Gasteiger partial charge in [0, 0.05) is 10.2 Å². The average molecular weight is 273 g/mol. The Bertz CT molecular complexity index is 559. The molecule has 3 rings (SSSR count). The van der Waals surface area contributed by atoms with Gasteiger partial charge in [0.05, 0.1) is 0 Å². The van der Waals surface area contributed by atoms with Crippen LogP contribution in [0.2, 0.25) is 0 Å². The topological polar surface area (TPSA) is 26.0 Å². The van der Waals surface area contributed by atoms with Crippen LogP contribution in [0.3, 0.4) is 0 Å². The van der Waals surface area contributed by atoms with Crippen molar-refractivity contribution in [3.05, 3.63) is 35.2 Å². The number of rotatable bonds is 3. The van der Waals surface area contributed by atoms with Gasteiger partial charge in [-0.05, 0) is 47.6 Å². The smallest absolute Gasteiger partial charge is 0.0345 e. The molecule has 2 unspecified atom stereocenters. The van der Waals surface area contributed by atoms with Crippen molar-refractivity contribution >= 4 is 21.4 Å². The minimum absolute atomic E-state index is 0.0246. The van der Waals surface area contributed by atoms with E-state index in [9.17, 15) is 0 Å². The van der Waals surface area contributed by atoms with Crippen molar-refractivity contribution in [3.8, 4) is 0 Å². The van der Waals surface area contributed by atoms with Crippen molar-refractivity contribution in [2.24, 2.45) is 11.7 Å². The monoisotopic (exact) mass is 273 g/mol. The second-order valence-corrected chi connectivity index (χ2v) is 6.93. The van der Waals surface area contributed by atoms with E-state index in [0.29, 0.717) is 5.92 Å². The van der Waals surface area contributed by atoms with Crippen molar-refractivity contribution in [1.82, 2.24) is 0 Å². The highest BCUT2D eigenvalue weighted by Crippen LogP contribution is 2.38. The maximum atomic E-state index is 6.80. The summed E-state index contributed by atoms with van der Waals surface area (Å²) in [5.74, 6) is 0.694. The van der Waals surface area contributed by atoms with Crippen molar-refractivity contribution < 1.29 is 0 Å². The summed E-state index contributed by atoms with van der Waals surface area (Å²) in [5, 5.41) is 3.73. The lowest BCUT2D eigenvalue weighted by Gasteiger charge is -2.41. The Morgan fingerprint density at radius 2 is 2.16 bits per heavy atom. The van der Waals surface area contributed by atoms with E-state index in [1.165, 1.54) is 47.8 Å². The van der Waals surface area contributed by atoms with Crippen LogP contribution < -0.4 is 5.73 Å². The Balaban J connectivity index is 1.90. The van der Waals surface area contributed by atoms with Gasteiger partial charge in [-0.3, -0.25) is 0 Å². The minimum Gasteiger partial charge on any atom is -0.325 e. The summed E-state index contributed by atoms with van der Waals surface area (Å²) >= 11 is 1.85. The number of hydrogen-bond donors (Lipinski definition) is 1. The van der Waals surface area contributed by atoms with E-state index >= 15 is 0 Å². The molecule has 1 aliphatic carbocycles. The minimum atomic E-state index is 0.0246. The zero-order chi connectivity index (χ0) is 13.3. The van der Waals surface area contributed by atoms with Gasteiger partial charge in [-0.2, -0.15) is 0 Å². The van der Waals surface area contributed by atoms with Crippen LogP contribution in [0.15, 0.2) is 29.6 Å². The number of thiophene rings is 1. The van der Waals surface area contributed by atoms with Crippen LogP contribution in [0.5, 0.6) is 0 Å². The predicted octanol–water partition coefficient (Wildman–Crippen LogP) is 4.74. The van der Waals surface area contributed by atoms with Gasteiger partial charge in [0.2, 0.25) is 0 Å². The third kappa shape index (κ3) is 2.44. The number of nitrogens with two attached hydrogens (primary N) is 1. The molecule has 2 N–H and O–H groups in total. The first-order valence-electron chi connectivity index (χ1n) is 7.47. The third-order valence-electron chi connectivity index (χ3n) is 4.83. The van der Waals surface area contributed by atoms with Crippen LogP contribution in [0.1, 0.15) is 44.6 Å². The molecule has 0 spiro atoms. The number of benzene rings is 1. The standard InChI is InChI=1S/C17H23NS/c1-2-14-7-5-6-10-17(14,18)11-13-12-19-16-9-4-3-8-15(13)16/h3-4,8-9,12,14H,2,5-7,10-11,18H2,1H3. The second kappa shape index (κ2) is 5.26. The van der Waals surface area contributed by atoms with Crippen molar-refractivity contribution in [3.63, 3.8) is 0 Å². The molecule has 1 fully saturated rings. The average Bonchev–Trinajstić information content (AvgIpc) is 2.82. The summed E-state index contributed by atoms with van der Waals surface area (Å²) in [4.78, 5) is 0. The Hall–Kier alpha value is -0.860. The molecule has 0 radical (unpaired) electrons. The summed E-state index contributed by atoms with van der Waals surface area (Å²) < 4.78 is 1.39. The molecule has 2 heteroatoms. The van der Waals surface area contributed by atoms with E-state index in [4.69, 9.17) is 5.73 Å². The molecule has 0 bridgehead atoms. The summed E-state index contributed by atoms with van der Waals surface area (Å²) in [6.07, 6.45) is 7.44. The zero-order valence-electron chi connectivity index (χ0n) is 11.7. The largest absolute Gasteiger partial charge is 0.325 e. The number of hydrogen-bond acceptors (Lipinski definition) is 2. The lowest BCUT2D eigenvalue weighted by atomic mass is 9.69. The van der Waals surface area contributed by atoms with Gasteiger partial charge in [-0.15, -0.1) is 11.3 Å². The van der Waals surface area contributed by atoms with Gasteiger partial charge in [-0.1, -0.05) is 44.4 Å². The molecule has 102 valence electrons. The summed E-state index contributed by atoms with van der Waals surface area (Å²) in [7, 11) is 0. The van der Waals surface area contributed by atoms with Crippen LogP contribution in [0, 0.1) is 5.92 Å². The lowest BCUT2D eigenvalue weighted by molar-refractivity contribution is 0.183. The van der Waals surface area contributed by atoms with Crippen molar-refractivity contribution in [1.29, 1.82) is 0 Å². The highest BCUT2D eigenvalue weighted by atomic mass is 32.1. The highest BCUT2D eigenvalue weighted by Gasteiger charge is 2.36. The first kappa shape index (κ1) is 13.1. The van der Waals surface area contributed by atoms with Gasteiger partial charge >= 0.3 is 0 Å². The molecule has 0 saturated heterocycles. The van der Waals surface area contributed by atoms with Crippen molar-refractivity contribution in [2.45, 2.75) is 51.0 Å². The molecule has 1 aliphatic rings. The molecule has 2 aromatic rings. The number of fused-ring (bicyclic) bond motifs is 1. The fourth-order valence-corrected chi connectivity index (χ4v) is 4.67. The molecule has 0 amide bonds. The second-order valence-electron chi connectivity index (χ2n) is 6.02. The summed E-state index contributed by atoms with van der Waals surface area (Å²) in [6.45, 7) is 2.29. The molecule has 0 aliphatic heterocycles. The predicted molar refractivity (Wildman–Crippen MR) is 84.7 cm³/mol. The SMILES string of the molecule is CCC1CCCCC1(N)Cc1csc2ccccc12. The molecule has 2 atom stereocenters. The maximum absolute atomic E-state index is 6.80. The summed E-state index contributed by atoms with van der Waals surface area (Å²) in [6, 6.07) is 8.72. The van der Waals surface area contributed by atoms with Gasteiger partial charge < -0.3 is 5.73 Å². The van der Waals surface area contributed by atoms with Crippen LogP contribution in [-0.2, 0) is 6.42 Å². The zero-order valence-corrected chi connectivity index (χ0v) is 12.5. The van der Waals surface area contributed by atoms with Gasteiger partial charge in [0.15, 0.2) is 0 Å². The molecule has 1 saturated carbocycles.